The molecule has 0 unspecified atom stereocenters. The van der Waals surface area contributed by atoms with Gasteiger partial charge in [0.05, 0.1) is 30.6 Å². The topological polar surface area (TPSA) is 61.3 Å². The Hall–Kier alpha value is -2.81. The molecule has 8 heteroatoms. The highest BCUT2D eigenvalue weighted by atomic mass is 28.4. The number of dihydropyridines is 1. The average molecular weight is 616 g/mol. The Labute approximate surface area is 266 Å². The van der Waals surface area contributed by atoms with E-state index in [1.807, 2.05) is 16.0 Å². The Balaban J connectivity index is 1.29. The van der Waals surface area contributed by atoms with Crippen LogP contribution in [0.15, 0.2) is 47.5 Å². The fraction of sp³-hybridized carbons (Fsp3) is 0.583. The zero-order chi connectivity index (χ0) is 31.7. The molecule has 0 aliphatic carbocycles. The van der Waals surface area contributed by atoms with Crippen LogP contribution >= 0.6 is 0 Å². The van der Waals surface area contributed by atoms with Crippen LogP contribution in [0.5, 0.6) is 0 Å². The standard InChI is InChI=1S/C36H53N5O2Si/c1-35(2,3)33-32(28-15-18-37-19-16-28)14-13-30(38-33)24-40-21-22-41(34(40)42)26-31(43-44(7,8)36(4,5)6)25-39-20-17-27-11-9-10-12-29(27)23-39/h9-15,19,31H,16-18,20-26H2,1-8H3/t31-/m1/s1. The molecule has 3 aliphatic heterocycles. The minimum atomic E-state index is -2.04. The van der Waals surface area contributed by atoms with Gasteiger partial charge in [0.25, 0.3) is 0 Å². The van der Waals surface area contributed by atoms with Crippen LogP contribution in [0.1, 0.15) is 76.0 Å². The van der Waals surface area contributed by atoms with Crippen molar-refractivity contribution in [3.05, 3.63) is 70.6 Å². The van der Waals surface area contributed by atoms with E-state index in [9.17, 15) is 4.79 Å². The number of urea groups is 1. The van der Waals surface area contributed by atoms with Crippen LogP contribution in [0.2, 0.25) is 18.1 Å². The number of carbonyl (C=O) groups is 1. The summed E-state index contributed by atoms with van der Waals surface area (Å²) in [5.74, 6) is 0. The van der Waals surface area contributed by atoms with Gasteiger partial charge in [-0.25, -0.2) is 4.79 Å². The lowest BCUT2D eigenvalue weighted by Crippen LogP contribution is -2.51. The van der Waals surface area contributed by atoms with Crippen LogP contribution in [0.25, 0.3) is 5.57 Å². The number of carbonyl (C=O) groups excluding carboxylic acids is 1. The molecular weight excluding hydrogens is 563 g/mol. The number of hydrogen-bond acceptors (Lipinski definition) is 5. The van der Waals surface area contributed by atoms with E-state index in [1.54, 1.807) is 0 Å². The summed E-state index contributed by atoms with van der Waals surface area (Å²) in [6, 6.07) is 13.2. The van der Waals surface area contributed by atoms with Crippen LogP contribution < -0.4 is 0 Å². The highest BCUT2D eigenvalue weighted by Gasteiger charge is 2.41. The molecule has 1 aromatic carbocycles. The number of aliphatic imine (C=N–C) groups is 1. The number of pyridine rings is 1. The SMILES string of the molecule is CC(C)(C)c1nc(CN2CCN(C[C@@H](CN3CCc4ccccc4C3)O[Si](C)(C)C(C)(C)C)C2=O)ccc1C1=CCN=CC1. The molecule has 2 amide bonds. The maximum absolute atomic E-state index is 13.8. The molecular formula is C36H53N5O2Si. The molecule has 0 saturated carbocycles. The fourth-order valence-electron chi connectivity index (χ4n) is 6.24. The predicted molar refractivity (Wildman–Crippen MR) is 184 cm³/mol. The Kier molecular flexibility index (Phi) is 9.54. The number of benzene rings is 1. The average Bonchev–Trinajstić information content (AvgIpc) is 3.30. The molecule has 1 saturated heterocycles. The molecule has 1 atom stereocenters. The van der Waals surface area contributed by atoms with Crippen molar-refractivity contribution >= 4 is 26.1 Å². The summed E-state index contributed by atoms with van der Waals surface area (Å²) in [5, 5.41) is 0.101. The second-order valence-corrected chi connectivity index (χ2v) is 20.1. The van der Waals surface area contributed by atoms with Gasteiger partial charge in [-0.2, -0.15) is 0 Å². The first-order chi connectivity index (χ1) is 20.7. The summed E-state index contributed by atoms with van der Waals surface area (Å²) < 4.78 is 7.04. The molecule has 238 valence electrons. The van der Waals surface area contributed by atoms with E-state index in [1.165, 1.54) is 22.3 Å². The summed E-state index contributed by atoms with van der Waals surface area (Å²) in [4.78, 5) is 29.8. The van der Waals surface area contributed by atoms with Crippen LogP contribution in [0, 0.1) is 0 Å². The van der Waals surface area contributed by atoms with E-state index >= 15 is 0 Å². The molecule has 1 fully saturated rings. The summed E-state index contributed by atoms with van der Waals surface area (Å²) in [6.07, 6.45) is 6.08. The first-order valence-corrected chi connectivity index (χ1v) is 19.3. The highest BCUT2D eigenvalue weighted by molar-refractivity contribution is 6.74. The van der Waals surface area contributed by atoms with E-state index in [-0.39, 0.29) is 22.6 Å². The van der Waals surface area contributed by atoms with Gasteiger partial charge in [-0.3, -0.25) is 14.9 Å². The fourth-order valence-corrected chi connectivity index (χ4v) is 7.57. The Morgan fingerprint density at radius 1 is 0.932 bits per heavy atom. The number of hydrogen-bond donors (Lipinski definition) is 0. The smallest absolute Gasteiger partial charge is 0.320 e. The lowest BCUT2D eigenvalue weighted by atomic mass is 9.85. The van der Waals surface area contributed by atoms with E-state index in [2.05, 4.69) is 107 Å². The Morgan fingerprint density at radius 3 is 2.34 bits per heavy atom. The third-order valence-electron chi connectivity index (χ3n) is 9.79. The van der Waals surface area contributed by atoms with Crippen molar-refractivity contribution < 1.29 is 9.22 Å². The predicted octanol–water partition coefficient (Wildman–Crippen LogP) is 6.92. The van der Waals surface area contributed by atoms with Crippen molar-refractivity contribution in [2.75, 3.05) is 39.3 Å². The lowest BCUT2D eigenvalue weighted by molar-refractivity contribution is 0.0878. The highest BCUT2D eigenvalue weighted by Crippen LogP contribution is 2.38. The largest absolute Gasteiger partial charge is 0.411 e. The zero-order valence-corrected chi connectivity index (χ0v) is 29.3. The minimum absolute atomic E-state index is 0.0257. The van der Waals surface area contributed by atoms with Crippen molar-refractivity contribution in [2.24, 2.45) is 4.99 Å². The first kappa shape index (κ1) is 32.6. The molecule has 3 aliphatic rings. The molecule has 0 spiro atoms. The molecule has 5 rings (SSSR count). The lowest BCUT2D eigenvalue weighted by Gasteiger charge is -2.42. The van der Waals surface area contributed by atoms with E-state index in [4.69, 9.17) is 9.41 Å². The maximum atomic E-state index is 13.8. The monoisotopic (exact) mass is 615 g/mol. The second kappa shape index (κ2) is 12.9. The molecule has 0 bridgehead atoms. The van der Waals surface area contributed by atoms with E-state index in [0.717, 1.165) is 57.0 Å². The van der Waals surface area contributed by atoms with Crippen LogP contribution in [0.3, 0.4) is 0 Å². The Bertz CT molecular complexity index is 1400. The first-order valence-electron chi connectivity index (χ1n) is 16.4. The van der Waals surface area contributed by atoms with Crippen molar-refractivity contribution in [1.29, 1.82) is 0 Å². The summed E-state index contributed by atoms with van der Waals surface area (Å²) >= 11 is 0. The van der Waals surface area contributed by atoms with Gasteiger partial charge in [0.15, 0.2) is 8.32 Å². The molecule has 0 radical (unpaired) electrons. The molecule has 7 nitrogen and oxygen atoms in total. The van der Waals surface area contributed by atoms with Crippen molar-refractivity contribution in [2.45, 2.75) is 97.1 Å². The number of aromatic nitrogens is 1. The van der Waals surface area contributed by atoms with Gasteiger partial charge < -0.3 is 14.2 Å². The van der Waals surface area contributed by atoms with Crippen molar-refractivity contribution in [1.82, 2.24) is 19.7 Å². The van der Waals surface area contributed by atoms with Crippen molar-refractivity contribution in [3.63, 3.8) is 0 Å². The van der Waals surface area contributed by atoms with Gasteiger partial charge in [0.2, 0.25) is 0 Å². The van der Waals surface area contributed by atoms with E-state index < -0.39 is 8.32 Å². The summed E-state index contributed by atoms with van der Waals surface area (Å²) in [7, 11) is -2.04. The normalized spacial score (nSPS) is 18.9. The van der Waals surface area contributed by atoms with Gasteiger partial charge in [-0.15, -0.1) is 0 Å². The third kappa shape index (κ3) is 7.52. The molecule has 0 N–H and O–H groups in total. The summed E-state index contributed by atoms with van der Waals surface area (Å²) in [5.41, 5.74) is 7.28. The Morgan fingerprint density at radius 2 is 1.66 bits per heavy atom. The number of fused-ring (bicyclic) bond motifs is 1. The van der Waals surface area contributed by atoms with E-state index in [0.29, 0.717) is 19.6 Å². The molecule has 4 heterocycles. The zero-order valence-electron chi connectivity index (χ0n) is 28.3. The number of allylic oxidation sites excluding steroid dienone is 1. The third-order valence-corrected chi connectivity index (χ3v) is 14.3. The van der Waals surface area contributed by atoms with Gasteiger partial charge >= 0.3 is 6.03 Å². The maximum Gasteiger partial charge on any atom is 0.320 e. The second-order valence-electron chi connectivity index (χ2n) is 15.3. The van der Waals surface area contributed by atoms with Gasteiger partial charge in [-0.1, -0.05) is 78.0 Å². The van der Waals surface area contributed by atoms with Gasteiger partial charge in [0, 0.05) is 57.3 Å². The molecule has 2 aromatic rings. The number of rotatable bonds is 9. The van der Waals surface area contributed by atoms with Crippen molar-refractivity contribution in [3.8, 4) is 0 Å². The van der Waals surface area contributed by atoms with Crippen LogP contribution in [-0.2, 0) is 29.4 Å². The van der Waals surface area contributed by atoms with Crippen LogP contribution in [-0.4, -0.2) is 85.6 Å². The van der Waals surface area contributed by atoms with Crippen LogP contribution in [0.4, 0.5) is 4.79 Å². The number of amides is 2. The van der Waals surface area contributed by atoms with Gasteiger partial charge in [-0.05, 0) is 52.9 Å². The quantitative estimate of drug-likeness (QED) is 0.287. The summed E-state index contributed by atoms with van der Waals surface area (Å²) in [6.45, 7) is 24.3. The molecule has 1 aromatic heterocycles. The van der Waals surface area contributed by atoms with Gasteiger partial charge in [0.1, 0.15) is 0 Å². The molecule has 44 heavy (non-hydrogen) atoms. The number of nitrogens with zero attached hydrogens (tertiary/aromatic N) is 5. The minimum Gasteiger partial charge on any atom is -0.411 e.